The Labute approximate surface area is 139 Å². The van der Waals surface area contributed by atoms with Crippen LogP contribution in [-0.4, -0.2) is 35.1 Å². The van der Waals surface area contributed by atoms with Crippen molar-refractivity contribution in [1.82, 2.24) is 4.90 Å². The molecule has 0 spiro atoms. The highest BCUT2D eigenvalue weighted by Crippen LogP contribution is 2.48. The van der Waals surface area contributed by atoms with Gasteiger partial charge in [0.05, 0.1) is 18.7 Å². The molecule has 1 aliphatic carbocycles. The highest BCUT2D eigenvalue weighted by Gasteiger charge is 2.47. The molecule has 2 heterocycles. The van der Waals surface area contributed by atoms with Crippen LogP contribution in [0.15, 0.2) is 22.7 Å². The highest BCUT2D eigenvalue weighted by molar-refractivity contribution is 9.10. The van der Waals surface area contributed by atoms with Crippen molar-refractivity contribution in [3.63, 3.8) is 0 Å². The van der Waals surface area contributed by atoms with E-state index in [1.807, 2.05) is 12.1 Å². The number of aliphatic hydroxyl groups is 1. The molecule has 1 aromatic carbocycles. The van der Waals surface area contributed by atoms with Crippen molar-refractivity contribution < 1.29 is 9.90 Å². The smallest absolute Gasteiger partial charge is 0.226 e. The Balaban J connectivity index is 1.72. The molecule has 1 amide bonds. The first-order valence-corrected chi connectivity index (χ1v) is 8.95. The van der Waals surface area contributed by atoms with Gasteiger partial charge in [0.25, 0.3) is 0 Å². The van der Waals surface area contributed by atoms with E-state index in [1.165, 1.54) is 12.0 Å². The zero-order chi connectivity index (χ0) is 15.3. The van der Waals surface area contributed by atoms with Gasteiger partial charge in [-0.15, -0.1) is 0 Å². The second-order valence-corrected chi connectivity index (χ2v) is 7.64. The Morgan fingerprint density at radius 3 is 2.86 bits per heavy atom. The Kier molecular flexibility index (Phi) is 3.65. The number of rotatable bonds is 2. The maximum atomic E-state index is 12.8. The summed E-state index contributed by atoms with van der Waals surface area (Å²) >= 11 is 3.55. The fourth-order valence-corrected chi connectivity index (χ4v) is 4.55. The van der Waals surface area contributed by atoms with Gasteiger partial charge in [-0.05, 0) is 43.0 Å². The van der Waals surface area contributed by atoms with E-state index >= 15 is 0 Å². The van der Waals surface area contributed by atoms with E-state index in [0.717, 1.165) is 36.0 Å². The molecule has 5 heteroatoms. The number of carbonyl (C=O) groups excluding carboxylic acids is 1. The van der Waals surface area contributed by atoms with Crippen LogP contribution in [-0.2, 0) is 4.79 Å². The first kappa shape index (κ1) is 14.5. The van der Waals surface area contributed by atoms with Gasteiger partial charge in [0.15, 0.2) is 0 Å². The van der Waals surface area contributed by atoms with Crippen LogP contribution in [0.1, 0.15) is 37.3 Å². The van der Waals surface area contributed by atoms with Gasteiger partial charge in [0.2, 0.25) is 5.91 Å². The second-order valence-electron chi connectivity index (χ2n) is 6.72. The predicted molar refractivity (Wildman–Crippen MR) is 88.5 cm³/mol. The maximum absolute atomic E-state index is 12.8. The molecule has 1 aromatic rings. The number of aliphatic hydroxyl groups excluding tert-OH is 1. The van der Waals surface area contributed by atoms with Crippen LogP contribution in [0.25, 0.3) is 0 Å². The van der Waals surface area contributed by atoms with Crippen LogP contribution in [0.2, 0.25) is 0 Å². The minimum absolute atomic E-state index is 0.0397. The number of amides is 1. The number of fused-ring (bicyclic) bond motifs is 3. The van der Waals surface area contributed by atoms with E-state index in [4.69, 9.17) is 0 Å². The first-order chi connectivity index (χ1) is 10.7. The zero-order valence-corrected chi connectivity index (χ0v) is 14.1. The summed E-state index contributed by atoms with van der Waals surface area (Å²) in [7, 11) is 0. The predicted octanol–water partition coefficient (Wildman–Crippen LogP) is 2.93. The summed E-state index contributed by atoms with van der Waals surface area (Å²) in [6, 6.07) is 6.33. The van der Waals surface area contributed by atoms with Gasteiger partial charge in [0.1, 0.15) is 0 Å². The molecule has 0 aromatic heterocycles. The summed E-state index contributed by atoms with van der Waals surface area (Å²) in [5.74, 6) is 0.857. The topological polar surface area (TPSA) is 52.6 Å². The molecule has 3 aliphatic rings. The quantitative estimate of drug-likeness (QED) is 0.848. The average molecular weight is 365 g/mol. The van der Waals surface area contributed by atoms with Crippen LogP contribution in [0, 0.1) is 11.8 Å². The Morgan fingerprint density at radius 1 is 1.36 bits per heavy atom. The van der Waals surface area contributed by atoms with E-state index in [-0.39, 0.29) is 24.6 Å². The van der Waals surface area contributed by atoms with E-state index in [9.17, 15) is 9.90 Å². The Bertz CT molecular complexity index is 602. The minimum Gasteiger partial charge on any atom is -0.394 e. The molecule has 4 rings (SSSR count). The van der Waals surface area contributed by atoms with E-state index in [0.29, 0.717) is 11.8 Å². The fourth-order valence-electron chi connectivity index (χ4n) is 4.17. The molecule has 0 radical (unpaired) electrons. The standard InChI is InChI=1S/C17H21BrN2O2/c18-11-4-5-14-13(8-11)16-12(15(9-21)19-14)6-7-20(16)17(22)10-2-1-3-10/h4-5,8,10,12,15-16,19,21H,1-3,6-7,9H2/t12-,15-,16-/m0/s1. The van der Waals surface area contributed by atoms with Crippen molar-refractivity contribution >= 4 is 27.5 Å². The lowest BCUT2D eigenvalue weighted by Crippen LogP contribution is -2.45. The van der Waals surface area contributed by atoms with Crippen molar-refractivity contribution in [2.45, 2.75) is 37.8 Å². The van der Waals surface area contributed by atoms with Gasteiger partial charge in [-0.2, -0.15) is 0 Å². The molecule has 0 unspecified atom stereocenters. The fraction of sp³-hybridized carbons (Fsp3) is 0.588. The third kappa shape index (κ3) is 2.17. The molecular weight excluding hydrogens is 344 g/mol. The molecule has 1 saturated heterocycles. The molecular formula is C17H21BrN2O2. The number of benzene rings is 1. The summed E-state index contributed by atoms with van der Waals surface area (Å²) < 4.78 is 1.04. The molecule has 2 fully saturated rings. The number of carbonyl (C=O) groups is 1. The normalized spacial score (nSPS) is 30.3. The number of nitrogens with one attached hydrogen (secondary N) is 1. The van der Waals surface area contributed by atoms with Gasteiger partial charge < -0.3 is 15.3 Å². The number of likely N-dealkylation sites (tertiary alicyclic amines) is 1. The summed E-state index contributed by atoms with van der Waals surface area (Å²) in [5, 5.41) is 13.2. The third-order valence-electron chi connectivity index (χ3n) is 5.57. The number of halogens is 1. The van der Waals surface area contributed by atoms with Gasteiger partial charge in [0, 0.05) is 28.5 Å². The Morgan fingerprint density at radius 2 is 2.18 bits per heavy atom. The minimum atomic E-state index is 0.0397. The lowest BCUT2D eigenvalue weighted by Gasteiger charge is -2.41. The van der Waals surface area contributed by atoms with Crippen molar-refractivity contribution in [1.29, 1.82) is 0 Å². The van der Waals surface area contributed by atoms with Crippen molar-refractivity contribution in [3.05, 3.63) is 28.2 Å². The third-order valence-corrected chi connectivity index (χ3v) is 6.06. The largest absolute Gasteiger partial charge is 0.394 e. The lowest BCUT2D eigenvalue weighted by molar-refractivity contribution is -0.139. The molecule has 118 valence electrons. The number of hydrogen-bond donors (Lipinski definition) is 2. The van der Waals surface area contributed by atoms with Gasteiger partial charge in [-0.25, -0.2) is 0 Å². The van der Waals surface area contributed by atoms with E-state index < -0.39 is 0 Å². The SMILES string of the molecule is O=C(C1CCC1)N1CC[C@H]2[C@H](CO)Nc3ccc(Br)cc3[C@H]21. The molecule has 3 atom stereocenters. The maximum Gasteiger partial charge on any atom is 0.226 e. The van der Waals surface area contributed by atoms with Crippen LogP contribution < -0.4 is 5.32 Å². The molecule has 1 saturated carbocycles. The summed E-state index contributed by atoms with van der Waals surface area (Å²) in [4.78, 5) is 14.9. The molecule has 4 nitrogen and oxygen atoms in total. The van der Waals surface area contributed by atoms with Gasteiger partial charge in [-0.3, -0.25) is 4.79 Å². The van der Waals surface area contributed by atoms with Crippen molar-refractivity contribution in [3.8, 4) is 0 Å². The molecule has 0 bridgehead atoms. The molecule has 2 aliphatic heterocycles. The number of anilines is 1. The van der Waals surface area contributed by atoms with Gasteiger partial charge in [-0.1, -0.05) is 22.4 Å². The van der Waals surface area contributed by atoms with E-state index in [1.54, 1.807) is 0 Å². The van der Waals surface area contributed by atoms with Crippen molar-refractivity contribution in [2.24, 2.45) is 11.8 Å². The summed E-state index contributed by atoms with van der Waals surface area (Å²) in [6.07, 6.45) is 4.23. The first-order valence-electron chi connectivity index (χ1n) is 8.16. The number of nitrogens with zero attached hydrogens (tertiary/aromatic N) is 1. The van der Waals surface area contributed by atoms with Crippen LogP contribution >= 0.6 is 15.9 Å². The average Bonchev–Trinajstić information content (AvgIpc) is 2.90. The van der Waals surface area contributed by atoms with Crippen LogP contribution in [0.5, 0.6) is 0 Å². The summed E-state index contributed by atoms with van der Waals surface area (Å²) in [5.41, 5.74) is 2.24. The molecule has 2 N–H and O–H groups in total. The molecule has 22 heavy (non-hydrogen) atoms. The zero-order valence-electron chi connectivity index (χ0n) is 12.5. The van der Waals surface area contributed by atoms with Crippen LogP contribution in [0.3, 0.4) is 0 Å². The van der Waals surface area contributed by atoms with Gasteiger partial charge >= 0.3 is 0 Å². The van der Waals surface area contributed by atoms with Crippen molar-refractivity contribution in [2.75, 3.05) is 18.5 Å². The monoisotopic (exact) mass is 364 g/mol. The number of hydrogen-bond acceptors (Lipinski definition) is 3. The highest BCUT2D eigenvalue weighted by atomic mass is 79.9. The Hall–Kier alpha value is -1.07. The summed E-state index contributed by atoms with van der Waals surface area (Å²) in [6.45, 7) is 0.928. The van der Waals surface area contributed by atoms with E-state index in [2.05, 4.69) is 32.2 Å². The second kappa shape index (κ2) is 5.53. The van der Waals surface area contributed by atoms with Crippen LogP contribution in [0.4, 0.5) is 5.69 Å². The lowest BCUT2D eigenvalue weighted by atomic mass is 9.81.